The molecule has 0 aliphatic rings. The van der Waals surface area contributed by atoms with Crippen molar-refractivity contribution >= 4 is 16.7 Å². The molecule has 0 aliphatic carbocycles. The van der Waals surface area contributed by atoms with Gasteiger partial charge in [-0.2, -0.15) is 0 Å². The molecule has 2 heteroatoms. The molecular weight excluding hydrogens is 246 g/mol. The number of fused-ring (bicyclic) bond motifs is 1. The normalized spacial score (nSPS) is 10.2. The van der Waals surface area contributed by atoms with E-state index in [0.717, 1.165) is 10.8 Å². The highest BCUT2D eigenvalue weighted by molar-refractivity contribution is 5.94. The van der Waals surface area contributed by atoms with Gasteiger partial charge >= 0.3 is 5.91 Å². The first-order valence-corrected chi connectivity index (χ1v) is 6.30. The predicted molar refractivity (Wildman–Crippen MR) is 78.2 cm³/mol. The van der Waals surface area contributed by atoms with Crippen LogP contribution in [0.25, 0.3) is 10.8 Å². The summed E-state index contributed by atoms with van der Waals surface area (Å²) in [6.45, 7) is 0. The maximum Gasteiger partial charge on any atom is 0.425 e. The van der Waals surface area contributed by atoms with Gasteiger partial charge in [0.25, 0.3) is 5.69 Å². The Morgan fingerprint density at radius 2 is 1.70 bits per heavy atom. The van der Waals surface area contributed by atoms with E-state index in [0.29, 0.717) is 11.3 Å². The van der Waals surface area contributed by atoms with E-state index in [1.165, 1.54) is 4.57 Å². The number of carbonyl (C=O) groups is 1. The fourth-order valence-corrected chi connectivity index (χ4v) is 2.20. The second-order valence-electron chi connectivity index (χ2n) is 4.47. The Morgan fingerprint density at radius 1 is 0.950 bits per heavy atom. The minimum Gasteiger partial charge on any atom is -0.214 e. The molecule has 94 valence electrons. The van der Waals surface area contributed by atoms with Crippen LogP contribution in [0.4, 0.5) is 0 Å². The van der Waals surface area contributed by atoms with Gasteiger partial charge in [0.2, 0.25) is 0 Å². The van der Waals surface area contributed by atoms with Crippen LogP contribution in [0.2, 0.25) is 0 Å². The van der Waals surface area contributed by atoms with Crippen molar-refractivity contribution in [3.63, 3.8) is 0 Å². The summed E-state index contributed by atoms with van der Waals surface area (Å²) in [5.41, 5.74) is 1.17. The largest absolute Gasteiger partial charge is 0.425 e. The lowest BCUT2D eigenvalue weighted by molar-refractivity contribution is -0.573. The molecule has 1 aromatic heterocycles. The molecule has 0 aliphatic heterocycles. The zero-order valence-electron chi connectivity index (χ0n) is 10.8. The van der Waals surface area contributed by atoms with Crippen molar-refractivity contribution in [1.82, 2.24) is 0 Å². The number of hydrogen-bond acceptors (Lipinski definition) is 1. The fourth-order valence-electron chi connectivity index (χ4n) is 2.20. The quantitative estimate of drug-likeness (QED) is 0.485. The van der Waals surface area contributed by atoms with Crippen LogP contribution in [0.15, 0.2) is 66.9 Å². The minimum atomic E-state index is -0.121. The van der Waals surface area contributed by atoms with Gasteiger partial charge in [0.05, 0.1) is 5.56 Å². The van der Waals surface area contributed by atoms with Crippen molar-refractivity contribution in [1.29, 1.82) is 0 Å². The molecule has 0 unspecified atom stereocenters. The van der Waals surface area contributed by atoms with Crippen molar-refractivity contribution in [2.45, 2.75) is 0 Å². The lowest BCUT2D eigenvalue weighted by atomic mass is 10.1. The van der Waals surface area contributed by atoms with Gasteiger partial charge in [0.1, 0.15) is 0 Å². The molecule has 0 fully saturated rings. The van der Waals surface area contributed by atoms with Crippen LogP contribution >= 0.6 is 0 Å². The van der Waals surface area contributed by atoms with Crippen LogP contribution < -0.4 is 4.57 Å². The molecule has 0 atom stereocenters. The molecule has 3 aromatic rings. The zero-order chi connectivity index (χ0) is 13.9. The number of nitrogens with zero attached hydrogens (tertiary/aromatic N) is 1. The third kappa shape index (κ3) is 2.06. The average molecular weight is 258 g/mol. The van der Waals surface area contributed by atoms with Gasteiger partial charge in [-0.3, -0.25) is 0 Å². The van der Waals surface area contributed by atoms with Crippen molar-refractivity contribution in [2.75, 3.05) is 0 Å². The van der Waals surface area contributed by atoms with Gasteiger partial charge in [-0.05, 0) is 34.9 Å². The highest BCUT2D eigenvalue weighted by Gasteiger charge is 2.20. The SMILES string of the molecule is C#Cc1cccc[n+]1C(=O)c1ccc2ccccc2c1. The average Bonchev–Trinajstić information content (AvgIpc) is 2.53. The standard InChI is InChI=1S/C18H12NO/c1-2-17-9-5-6-12-19(17)18(20)16-11-10-14-7-3-4-8-15(14)13-16/h1,3-13H/q+1. The van der Waals surface area contributed by atoms with E-state index in [1.54, 1.807) is 18.3 Å². The summed E-state index contributed by atoms with van der Waals surface area (Å²) in [6, 6.07) is 19.0. The van der Waals surface area contributed by atoms with E-state index in [9.17, 15) is 4.79 Å². The Balaban J connectivity index is 2.11. The van der Waals surface area contributed by atoms with E-state index in [1.807, 2.05) is 48.5 Å². The summed E-state index contributed by atoms with van der Waals surface area (Å²) in [6.07, 6.45) is 7.12. The Morgan fingerprint density at radius 3 is 2.50 bits per heavy atom. The molecule has 0 radical (unpaired) electrons. The van der Waals surface area contributed by atoms with E-state index < -0.39 is 0 Å². The van der Waals surface area contributed by atoms with Crippen molar-refractivity contribution < 1.29 is 9.36 Å². The molecule has 0 saturated heterocycles. The summed E-state index contributed by atoms with van der Waals surface area (Å²) in [5.74, 6) is 2.40. The maximum atomic E-state index is 12.5. The topological polar surface area (TPSA) is 20.9 Å². The Labute approximate surface area is 117 Å². The van der Waals surface area contributed by atoms with Crippen LogP contribution in [0, 0.1) is 12.3 Å². The molecule has 2 aromatic carbocycles. The summed E-state index contributed by atoms with van der Waals surface area (Å²) >= 11 is 0. The first kappa shape index (κ1) is 12.1. The fraction of sp³-hybridized carbons (Fsp3) is 0. The Kier molecular flexibility index (Phi) is 3.02. The van der Waals surface area contributed by atoms with Crippen LogP contribution in [-0.4, -0.2) is 5.91 Å². The summed E-state index contributed by atoms with van der Waals surface area (Å²) < 4.78 is 1.49. The highest BCUT2D eigenvalue weighted by Crippen LogP contribution is 2.15. The third-order valence-electron chi connectivity index (χ3n) is 3.22. The molecule has 0 amide bonds. The zero-order valence-corrected chi connectivity index (χ0v) is 10.8. The minimum absolute atomic E-state index is 0.121. The van der Waals surface area contributed by atoms with Crippen LogP contribution in [0.3, 0.4) is 0 Å². The lowest BCUT2D eigenvalue weighted by Crippen LogP contribution is -2.45. The van der Waals surface area contributed by atoms with Gasteiger partial charge < -0.3 is 0 Å². The lowest BCUT2D eigenvalue weighted by Gasteiger charge is -2.00. The summed E-state index contributed by atoms with van der Waals surface area (Å²) in [4.78, 5) is 12.5. The van der Waals surface area contributed by atoms with Crippen LogP contribution in [0.5, 0.6) is 0 Å². The Bertz CT molecular complexity index is 843. The first-order valence-electron chi connectivity index (χ1n) is 6.30. The van der Waals surface area contributed by atoms with E-state index in [4.69, 9.17) is 6.42 Å². The maximum absolute atomic E-state index is 12.5. The molecule has 20 heavy (non-hydrogen) atoms. The molecular formula is C18H12NO+. The number of aromatic nitrogens is 1. The predicted octanol–water partition coefficient (Wildman–Crippen LogP) is 2.80. The molecule has 2 nitrogen and oxygen atoms in total. The van der Waals surface area contributed by atoms with Gasteiger partial charge in [-0.25, -0.2) is 4.79 Å². The van der Waals surface area contributed by atoms with E-state index in [2.05, 4.69) is 5.92 Å². The van der Waals surface area contributed by atoms with Gasteiger partial charge in [-0.1, -0.05) is 30.3 Å². The van der Waals surface area contributed by atoms with Gasteiger partial charge in [0.15, 0.2) is 6.20 Å². The second-order valence-corrected chi connectivity index (χ2v) is 4.47. The van der Waals surface area contributed by atoms with Crippen LogP contribution in [0.1, 0.15) is 16.1 Å². The third-order valence-corrected chi connectivity index (χ3v) is 3.22. The van der Waals surface area contributed by atoms with Gasteiger partial charge in [-0.15, -0.1) is 11.0 Å². The molecule has 0 N–H and O–H groups in total. The number of hydrogen-bond donors (Lipinski definition) is 0. The first-order chi connectivity index (χ1) is 9.79. The summed E-state index contributed by atoms with van der Waals surface area (Å²) in [5, 5.41) is 2.15. The molecule has 0 saturated carbocycles. The number of benzene rings is 2. The molecule has 0 bridgehead atoms. The highest BCUT2D eigenvalue weighted by atomic mass is 16.2. The Hall–Kier alpha value is -2.92. The van der Waals surface area contributed by atoms with E-state index >= 15 is 0 Å². The van der Waals surface area contributed by atoms with E-state index in [-0.39, 0.29) is 5.91 Å². The monoisotopic (exact) mass is 258 g/mol. The van der Waals surface area contributed by atoms with Crippen molar-refractivity contribution in [3.8, 4) is 12.3 Å². The number of rotatable bonds is 1. The van der Waals surface area contributed by atoms with Crippen molar-refractivity contribution in [2.24, 2.45) is 0 Å². The molecule has 0 spiro atoms. The number of carbonyl (C=O) groups excluding carboxylic acids is 1. The second kappa shape index (κ2) is 4.99. The molecule has 1 heterocycles. The smallest absolute Gasteiger partial charge is 0.214 e. The van der Waals surface area contributed by atoms with Crippen molar-refractivity contribution in [3.05, 3.63) is 78.1 Å². The summed E-state index contributed by atoms with van der Waals surface area (Å²) in [7, 11) is 0. The number of pyridine rings is 1. The number of terminal acetylenes is 1. The van der Waals surface area contributed by atoms with Crippen LogP contribution in [-0.2, 0) is 0 Å². The molecule has 3 rings (SSSR count). The van der Waals surface area contributed by atoms with Gasteiger partial charge in [0, 0.05) is 12.1 Å².